The van der Waals surface area contributed by atoms with Gasteiger partial charge >= 0.3 is 6.18 Å². The van der Waals surface area contributed by atoms with Gasteiger partial charge in [0.2, 0.25) is 0 Å². The summed E-state index contributed by atoms with van der Waals surface area (Å²) in [6, 6.07) is 2.07. The first-order valence-electron chi connectivity index (χ1n) is 5.77. The highest BCUT2D eigenvalue weighted by molar-refractivity contribution is 5.94. The lowest BCUT2D eigenvalue weighted by molar-refractivity contribution is -0.140. The van der Waals surface area contributed by atoms with Crippen LogP contribution in [0.2, 0.25) is 0 Å². The largest absolute Gasteiger partial charge is 0.419 e. The SMILES string of the molecule is Cn1cnnc1CNC(=O)c1ccc(F)c(C(F)(F)F)c1. The smallest absolute Gasteiger partial charge is 0.345 e. The number of aryl methyl sites for hydroxylation is 1. The zero-order chi connectivity index (χ0) is 15.6. The molecule has 1 aromatic heterocycles. The van der Waals surface area contributed by atoms with Crippen LogP contribution < -0.4 is 5.32 Å². The summed E-state index contributed by atoms with van der Waals surface area (Å²) in [4.78, 5) is 11.8. The number of nitrogens with zero attached hydrogens (tertiary/aromatic N) is 3. The third kappa shape index (κ3) is 3.36. The van der Waals surface area contributed by atoms with Crippen LogP contribution in [-0.4, -0.2) is 20.7 Å². The van der Waals surface area contributed by atoms with E-state index >= 15 is 0 Å². The lowest BCUT2D eigenvalue weighted by Gasteiger charge is -2.10. The molecule has 0 aliphatic carbocycles. The molecule has 1 N–H and O–H groups in total. The van der Waals surface area contributed by atoms with Crippen molar-refractivity contribution in [3.63, 3.8) is 0 Å². The van der Waals surface area contributed by atoms with E-state index in [1.165, 1.54) is 6.33 Å². The van der Waals surface area contributed by atoms with Crippen molar-refractivity contribution >= 4 is 5.91 Å². The Balaban J connectivity index is 2.15. The standard InChI is InChI=1S/C12H10F4N4O/c1-20-6-18-19-10(20)5-17-11(21)7-2-3-9(13)8(4-7)12(14,15)16/h2-4,6H,5H2,1H3,(H,17,21). The third-order valence-electron chi connectivity index (χ3n) is 2.75. The fourth-order valence-corrected chi connectivity index (χ4v) is 1.61. The monoisotopic (exact) mass is 302 g/mol. The Morgan fingerprint density at radius 3 is 2.67 bits per heavy atom. The van der Waals surface area contributed by atoms with Crippen LogP contribution in [0.5, 0.6) is 0 Å². The number of aromatic nitrogens is 3. The number of carbonyl (C=O) groups excluding carboxylic acids is 1. The Hall–Kier alpha value is -2.45. The molecular weight excluding hydrogens is 292 g/mol. The highest BCUT2D eigenvalue weighted by Crippen LogP contribution is 2.31. The fraction of sp³-hybridized carbons (Fsp3) is 0.250. The molecule has 0 atom stereocenters. The molecule has 112 valence electrons. The molecule has 0 radical (unpaired) electrons. The maximum absolute atomic E-state index is 13.1. The summed E-state index contributed by atoms with van der Waals surface area (Å²) in [6.07, 6.45) is -3.44. The Kier molecular flexibility index (Phi) is 3.92. The number of rotatable bonds is 3. The van der Waals surface area contributed by atoms with E-state index in [1.54, 1.807) is 11.6 Å². The van der Waals surface area contributed by atoms with E-state index in [4.69, 9.17) is 0 Å². The molecule has 5 nitrogen and oxygen atoms in total. The van der Waals surface area contributed by atoms with Gasteiger partial charge in [-0.3, -0.25) is 4.79 Å². The van der Waals surface area contributed by atoms with Gasteiger partial charge in [0.1, 0.15) is 12.1 Å². The van der Waals surface area contributed by atoms with Crippen LogP contribution >= 0.6 is 0 Å². The van der Waals surface area contributed by atoms with Gasteiger partial charge in [0.05, 0.1) is 12.1 Å². The first-order valence-corrected chi connectivity index (χ1v) is 5.77. The average molecular weight is 302 g/mol. The van der Waals surface area contributed by atoms with Gasteiger partial charge < -0.3 is 9.88 Å². The second-order valence-electron chi connectivity index (χ2n) is 4.23. The quantitative estimate of drug-likeness (QED) is 0.881. The second kappa shape index (κ2) is 5.51. The van der Waals surface area contributed by atoms with E-state index in [1.807, 2.05) is 0 Å². The van der Waals surface area contributed by atoms with Crippen LogP contribution in [0, 0.1) is 5.82 Å². The molecule has 9 heteroatoms. The average Bonchev–Trinajstić information content (AvgIpc) is 2.80. The summed E-state index contributed by atoms with van der Waals surface area (Å²) in [5.41, 5.74) is -1.76. The molecule has 2 aromatic rings. The lowest BCUT2D eigenvalue weighted by atomic mass is 10.1. The van der Waals surface area contributed by atoms with E-state index in [-0.39, 0.29) is 12.1 Å². The first-order chi connectivity index (χ1) is 9.79. The molecule has 1 aromatic carbocycles. The molecule has 0 aliphatic rings. The molecule has 0 bridgehead atoms. The Morgan fingerprint density at radius 2 is 2.10 bits per heavy atom. The second-order valence-corrected chi connectivity index (χ2v) is 4.23. The van der Waals surface area contributed by atoms with Gasteiger partial charge in [-0.15, -0.1) is 10.2 Å². The van der Waals surface area contributed by atoms with E-state index < -0.39 is 23.5 Å². The molecule has 21 heavy (non-hydrogen) atoms. The van der Waals surface area contributed by atoms with Crippen molar-refractivity contribution in [2.75, 3.05) is 0 Å². The van der Waals surface area contributed by atoms with Crippen molar-refractivity contribution in [2.45, 2.75) is 12.7 Å². The van der Waals surface area contributed by atoms with Gasteiger partial charge in [-0.05, 0) is 18.2 Å². The van der Waals surface area contributed by atoms with E-state index in [0.717, 1.165) is 6.07 Å². The molecule has 0 saturated carbocycles. The minimum atomic E-state index is -4.86. The maximum atomic E-state index is 13.1. The van der Waals surface area contributed by atoms with E-state index in [9.17, 15) is 22.4 Å². The zero-order valence-electron chi connectivity index (χ0n) is 10.8. The predicted octanol–water partition coefficient (Wildman–Crippen LogP) is 1.90. The van der Waals surface area contributed by atoms with Crippen LogP contribution in [0.1, 0.15) is 21.7 Å². The van der Waals surface area contributed by atoms with Gasteiger partial charge in [-0.2, -0.15) is 13.2 Å². The minimum Gasteiger partial charge on any atom is -0.345 e. The van der Waals surface area contributed by atoms with E-state index in [0.29, 0.717) is 18.0 Å². The van der Waals surface area contributed by atoms with Crippen LogP contribution in [0.15, 0.2) is 24.5 Å². The number of nitrogens with one attached hydrogen (secondary N) is 1. The van der Waals surface area contributed by atoms with Crippen LogP contribution in [0.3, 0.4) is 0 Å². The maximum Gasteiger partial charge on any atom is 0.419 e. The fourth-order valence-electron chi connectivity index (χ4n) is 1.61. The van der Waals surface area contributed by atoms with Crippen molar-refractivity contribution in [3.8, 4) is 0 Å². The highest BCUT2D eigenvalue weighted by atomic mass is 19.4. The number of hydrogen-bond acceptors (Lipinski definition) is 3. The zero-order valence-corrected chi connectivity index (χ0v) is 10.8. The number of amides is 1. The Bertz CT molecular complexity index is 666. The summed E-state index contributed by atoms with van der Waals surface area (Å²) in [5, 5.41) is 9.69. The van der Waals surface area contributed by atoms with Crippen molar-refractivity contribution < 1.29 is 22.4 Å². The Labute approximate surface area is 116 Å². The number of carbonyl (C=O) groups is 1. The van der Waals surface area contributed by atoms with Crippen LogP contribution in [0.4, 0.5) is 17.6 Å². The molecule has 0 spiro atoms. The summed E-state index contributed by atoms with van der Waals surface area (Å²) in [5.74, 6) is -1.75. The van der Waals surface area contributed by atoms with Gasteiger partial charge in [0, 0.05) is 12.6 Å². The first kappa shape index (κ1) is 14.9. The molecule has 0 unspecified atom stereocenters. The summed E-state index contributed by atoms with van der Waals surface area (Å²) < 4.78 is 52.3. The van der Waals surface area contributed by atoms with Gasteiger partial charge in [0.15, 0.2) is 5.82 Å². The van der Waals surface area contributed by atoms with Gasteiger partial charge in [-0.25, -0.2) is 4.39 Å². The molecule has 0 saturated heterocycles. The van der Waals surface area contributed by atoms with Crippen molar-refractivity contribution in [3.05, 3.63) is 47.3 Å². The number of alkyl halides is 3. The minimum absolute atomic E-state index is 0.00589. The van der Waals surface area contributed by atoms with Gasteiger partial charge in [0.25, 0.3) is 5.91 Å². The highest BCUT2D eigenvalue weighted by Gasteiger charge is 2.34. The normalized spacial score (nSPS) is 11.5. The predicted molar refractivity (Wildman–Crippen MR) is 63.6 cm³/mol. The summed E-state index contributed by atoms with van der Waals surface area (Å²) >= 11 is 0. The number of halogens is 4. The molecule has 0 fully saturated rings. The summed E-state index contributed by atoms with van der Waals surface area (Å²) in [6.45, 7) is -0.00589. The lowest BCUT2D eigenvalue weighted by Crippen LogP contribution is -2.25. The molecule has 1 amide bonds. The van der Waals surface area contributed by atoms with Gasteiger partial charge in [-0.1, -0.05) is 0 Å². The molecule has 2 rings (SSSR count). The summed E-state index contributed by atoms with van der Waals surface area (Å²) in [7, 11) is 1.65. The van der Waals surface area contributed by atoms with Crippen molar-refractivity contribution in [1.29, 1.82) is 0 Å². The van der Waals surface area contributed by atoms with Crippen LogP contribution in [0.25, 0.3) is 0 Å². The molecule has 0 aliphatic heterocycles. The van der Waals surface area contributed by atoms with Crippen LogP contribution in [-0.2, 0) is 19.8 Å². The molecule has 1 heterocycles. The number of benzene rings is 1. The molecular formula is C12H10F4N4O. The topological polar surface area (TPSA) is 59.8 Å². The third-order valence-corrected chi connectivity index (χ3v) is 2.75. The van der Waals surface area contributed by atoms with E-state index in [2.05, 4.69) is 15.5 Å². The van der Waals surface area contributed by atoms with Crippen molar-refractivity contribution in [2.24, 2.45) is 7.05 Å². The number of hydrogen-bond donors (Lipinski definition) is 1. The van der Waals surface area contributed by atoms with Crippen molar-refractivity contribution in [1.82, 2.24) is 20.1 Å². The Morgan fingerprint density at radius 1 is 1.38 bits per heavy atom.